The molecule has 1 aromatic carbocycles. The van der Waals surface area contributed by atoms with Gasteiger partial charge in [-0.2, -0.15) is 0 Å². The monoisotopic (exact) mass is 373 g/mol. The second-order valence-corrected chi connectivity index (χ2v) is 6.50. The number of hydrogen-bond acceptors (Lipinski definition) is 3. The van der Waals surface area contributed by atoms with Crippen LogP contribution in [0.2, 0.25) is 5.02 Å². The van der Waals surface area contributed by atoms with Crippen LogP contribution in [0.4, 0.5) is 0 Å². The van der Waals surface area contributed by atoms with E-state index in [0.717, 1.165) is 9.35 Å². The van der Waals surface area contributed by atoms with Crippen LogP contribution in [0.3, 0.4) is 0 Å². The van der Waals surface area contributed by atoms with Gasteiger partial charge in [0, 0.05) is 15.9 Å². The van der Waals surface area contributed by atoms with Crippen LogP contribution in [0.15, 0.2) is 40.2 Å². The Morgan fingerprint density at radius 2 is 2.25 bits per heavy atom. The third-order valence-corrected chi connectivity index (χ3v) is 4.54. The van der Waals surface area contributed by atoms with E-state index in [2.05, 4.69) is 21.2 Å². The van der Waals surface area contributed by atoms with Gasteiger partial charge in [-0.05, 0) is 36.1 Å². The second kappa shape index (κ2) is 7.22. The van der Waals surface area contributed by atoms with Crippen LogP contribution in [0.5, 0.6) is 0 Å². The maximum atomic E-state index is 12.0. The summed E-state index contributed by atoms with van der Waals surface area (Å²) in [4.78, 5) is 12.9. The van der Waals surface area contributed by atoms with Gasteiger partial charge in [-0.15, -0.1) is 11.3 Å². The predicted molar refractivity (Wildman–Crippen MR) is 85.4 cm³/mol. The molecule has 1 unspecified atom stereocenters. The molecule has 1 heterocycles. The fraction of sp³-hybridized carbons (Fsp3) is 0.214. The van der Waals surface area contributed by atoms with Gasteiger partial charge in [0.1, 0.15) is 0 Å². The van der Waals surface area contributed by atoms with Gasteiger partial charge in [0.25, 0.3) is 5.91 Å². The molecule has 0 aliphatic rings. The minimum absolute atomic E-state index is 0.241. The van der Waals surface area contributed by atoms with E-state index in [1.807, 2.05) is 17.5 Å². The third kappa shape index (κ3) is 4.06. The van der Waals surface area contributed by atoms with E-state index in [9.17, 15) is 9.90 Å². The molecule has 2 N–H and O–H groups in total. The molecule has 2 rings (SSSR count). The second-order valence-electron chi connectivity index (χ2n) is 4.20. The van der Waals surface area contributed by atoms with Crippen LogP contribution >= 0.6 is 38.9 Å². The van der Waals surface area contributed by atoms with Crippen molar-refractivity contribution in [1.82, 2.24) is 5.32 Å². The number of carbonyl (C=O) groups excluding carboxylic acids is 1. The highest BCUT2D eigenvalue weighted by Crippen LogP contribution is 2.22. The molecule has 1 atom stereocenters. The molecule has 1 aromatic heterocycles. The Kier molecular flexibility index (Phi) is 5.60. The molecule has 6 heteroatoms. The number of hydrogen-bond donors (Lipinski definition) is 2. The van der Waals surface area contributed by atoms with Crippen LogP contribution in [0.1, 0.15) is 27.8 Å². The zero-order valence-corrected chi connectivity index (χ0v) is 13.6. The van der Waals surface area contributed by atoms with Crippen molar-refractivity contribution in [3.05, 3.63) is 55.6 Å². The standard InChI is InChI=1S/C14H13BrClNO2S/c15-9-3-4-11(16)10(8-9)14(19)17-6-5-12(18)13-2-1-7-20-13/h1-4,7-8,12,18H,5-6H2,(H,17,19). The van der Waals surface area contributed by atoms with E-state index >= 15 is 0 Å². The van der Waals surface area contributed by atoms with Crippen LogP contribution < -0.4 is 5.32 Å². The van der Waals surface area contributed by atoms with Gasteiger partial charge in [0.05, 0.1) is 16.7 Å². The lowest BCUT2D eigenvalue weighted by molar-refractivity contribution is 0.0943. The molecule has 0 saturated heterocycles. The van der Waals surface area contributed by atoms with Crippen LogP contribution in [0, 0.1) is 0 Å². The zero-order valence-electron chi connectivity index (χ0n) is 10.5. The Hall–Kier alpha value is -0.880. The van der Waals surface area contributed by atoms with Crippen molar-refractivity contribution in [3.8, 4) is 0 Å². The fourth-order valence-electron chi connectivity index (χ4n) is 1.71. The Morgan fingerprint density at radius 1 is 1.45 bits per heavy atom. The maximum absolute atomic E-state index is 12.0. The van der Waals surface area contributed by atoms with E-state index in [-0.39, 0.29) is 5.91 Å². The molecule has 0 aliphatic carbocycles. The van der Waals surface area contributed by atoms with Crippen LogP contribution in [-0.2, 0) is 0 Å². The van der Waals surface area contributed by atoms with Crippen molar-refractivity contribution in [3.63, 3.8) is 0 Å². The fourth-order valence-corrected chi connectivity index (χ4v) is 3.02. The average molecular weight is 375 g/mol. The topological polar surface area (TPSA) is 49.3 Å². The lowest BCUT2D eigenvalue weighted by atomic mass is 10.2. The number of aliphatic hydroxyl groups is 1. The first kappa shape index (κ1) is 15.5. The number of nitrogens with one attached hydrogen (secondary N) is 1. The van der Waals surface area contributed by atoms with Gasteiger partial charge in [0.2, 0.25) is 0 Å². The SMILES string of the molecule is O=C(NCCC(O)c1cccs1)c1cc(Br)ccc1Cl. The van der Waals surface area contributed by atoms with Crippen molar-refractivity contribution in [2.45, 2.75) is 12.5 Å². The smallest absolute Gasteiger partial charge is 0.252 e. The minimum atomic E-state index is -0.548. The molecule has 0 spiro atoms. The first-order valence-corrected chi connectivity index (χ1v) is 8.07. The lowest BCUT2D eigenvalue weighted by Gasteiger charge is -2.10. The Morgan fingerprint density at radius 3 is 2.95 bits per heavy atom. The molecule has 106 valence electrons. The van der Waals surface area contributed by atoms with E-state index < -0.39 is 6.10 Å². The molecule has 3 nitrogen and oxygen atoms in total. The Bertz CT molecular complexity index is 589. The quantitative estimate of drug-likeness (QED) is 0.830. The summed E-state index contributed by atoms with van der Waals surface area (Å²) in [6, 6.07) is 8.89. The minimum Gasteiger partial charge on any atom is -0.388 e. The number of amides is 1. The van der Waals surface area contributed by atoms with Gasteiger partial charge >= 0.3 is 0 Å². The van der Waals surface area contributed by atoms with Crippen molar-refractivity contribution in [1.29, 1.82) is 0 Å². The van der Waals surface area contributed by atoms with Gasteiger partial charge in [-0.1, -0.05) is 33.6 Å². The average Bonchev–Trinajstić information content (AvgIpc) is 2.95. The molecule has 0 radical (unpaired) electrons. The van der Waals surface area contributed by atoms with Crippen LogP contribution in [-0.4, -0.2) is 17.6 Å². The molecule has 0 aliphatic heterocycles. The maximum Gasteiger partial charge on any atom is 0.252 e. The molecule has 0 fully saturated rings. The summed E-state index contributed by atoms with van der Waals surface area (Å²) in [6.45, 7) is 0.390. The van der Waals surface area contributed by atoms with E-state index in [0.29, 0.717) is 23.6 Å². The van der Waals surface area contributed by atoms with Crippen molar-refractivity contribution >= 4 is 44.8 Å². The highest BCUT2D eigenvalue weighted by molar-refractivity contribution is 9.10. The summed E-state index contributed by atoms with van der Waals surface area (Å²) in [6.07, 6.45) is -0.0778. The van der Waals surface area contributed by atoms with Gasteiger partial charge < -0.3 is 10.4 Å². The summed E-state index contributed by atoms with van der Waals surface area (Å²) in [5.74, 6) is -0.241. The van der Waals surface area contributed by atoms with E-state index in [4.69, 9.17) is 11.6 Å². The summed E-state index contributed by atoms with van der Waals surface area (Å²) in [7, 11) is 0. The number of benzene rings is 1. The van der Waals surface area contributed by atoms with Crippen molar-refractivity contribution < 1.29 is 9.90 Å². The van der Waals surface area contributed by atoms with Gasteiger partial charge in [-0.25, -0.2) is 0 Å². The number of halogens is 2. The number of rotatable bonds is 5. The highest BCUT2D eigenvalue weighted by atomic mass is 79.9. The van der Waals surface area contributed by atoms with Gasteiger partial charge in [-0.3, -0.25) is 4.79 Å². The summed E-state index contributed by atoms with van der Waals surface area (Å²) in [5.41, 5.74) is 0.423. The van der Waals surface area contributed by atoms with Crippen molar-refractivity contribution in [2.24, 2.45) is 0 Å². The first-order chi connectivity index (χ1) is 9.58. The largest absolute Gasteiger partial charge is 0.388 e. The van der Waals surface area contributed by atoms with E-state index in [1.54, 1.807) is 18.2 Å². The predicted octanol–water partition coefficient (Wildman–Crippen LogP) is 4.02. The van der Waals surface area contributed by atoms with Crippen LogP contribution in [0.25, 0.3) is 0 Å². The number of aliphatic hydroxyl groups excluding tert-OH is 1. The molecule has 0 bridgehead atoms. The van der Waals surface area contributed by atoms with Gasteiger partial charge in [0.15, 0.2) is 0 Å². The summed E-state index contributed by atoms with van der Waals surface area (Å²) in [5, 5.41) is 15.0. The molecular formula is C14H13BrClNO2S. The van der Waals surface area contributed by atoms with E-state index in [1.165, 1.54) is 11.3 Å². The molecular weight excluding hydrogens is 362 g/mol. The molecule has 2 aromatic rings. The normalized spacial score (nSPS) is 12.2. The Balaban J connectivity index is 1.88. The summed E-state index contributed by atoms with van der Waals surface area (Å²) >= 11 is 10.8. The number of carbonyl (C=O) groups is 1. The zero-order chi connectivity index (χ0) is 14.5. The summed E-state index contributed by atoms with van der Waals surface area (Å²) < 4.78 is 0.797. The number of thiophene rings is 1. The third-order valence-electron chi connectivity index (χ3n) is 2.75. The molecule has 0 saturated carbocycles. The highest BCUT2D eigenvalue weighted by Gasteiger charge is 2.12. The molecule has 20 heavy (non-hydrogen) atoms. The Labute approximate surface area is 134 Å². The first-order valence-electron chi connectivity index (χ1n) is 6.02. The van der Waals surface area contributed by atoms with Crippen molar-refractivity contribution in [2.75, 3.05) is 6.54 Å². The lowest BCUT2D eigenvalue weighted by Crippen LogP contribution is -2.25. The molecule has 1 amide bonds.